The zero-order valence-electron chi connectivity index (χ0n) is 12.5. The molecule has 0 N–H and O–H groups in total. The SMILES string of the molecule is Cc1ncsc1CN1Cc2ccnn2[C@H](C(=O)N(C)C)C1. The Kier molecular flexibility index (Phi) is 3.77. The third kappa shape index (κ3) is 2.71. The number of hydrogen-bond donors (Lipinski definition) is 0. The standard InChI is InChI=1S/C14H19N5OS/c1-10-13(21-9-15-10)8-18-6-11-4-5-16-19(11)12(7-18)14(20)17(2)3/h4-5,9,12H,6-8H2,1-3H3/t12-/m0/s1. The Bertz CT molecular complexity index is 647. The summed E-state index contributed by atoms with van der Waals surface area (Å²) in [5, 5.41) is 4.32. The van der Waals surface area contributed by atoms with Gasteiger partial charge in [0.2, 0.25) is 5.91 Å². The predicted molar refractivity (Wildman–Crippen MR) is 80.9 cm³/mol. The van der Waals surface area contributed by atoms with Gasteiger partial charge in [-0.25, -0.2) is 4.98 Å². The molecule has 3 rings (SSSR count). The van der Waals surface area contributed by atoms with E-state index < -0.39 is 0 Å². The van der Waals surface area contributed by atoms with Gasteiger partial charge >= 0.3 is 0 Å². The van der Waals surface area contributed by atoms with Gasteiger partial charge in [0.25, 0.3) is 0 Å². The predicted octanol–water partition coefficient (Wildman–Crippen LogP) is 1.29. The van der Waals surface area contributed by atoms with Crippen LogP contribution < -0.4 is 0 Å². The van der Waals surface area contributed by atoms with Gasteiger partial charge in [0.1, 0.15) is 6.04 Å². The van der Waals surface area contributed by atoms with Crippen LogP contribution in [0.2, 0.25) is 0 Å². The topological polar surface area (TPSA) is 54.3 Å². The number of nitrogens with zero attached hydrogens (tertiary/aromatic N) is 5. The fourth-order valence-corrected chi connectivity index (χ4v) is 3.46. The Labute approximate surface area is 128 Å². The normalized spacial score (nSPS) is 18.5. The molecule has 2 aromatic heterocycles. The molecule has 0 spiro atoms. The van der Waals surface area contributed by atoms with Crippen LogP contribution in [0.5, 0.6) is 0 Å². The molecular formula is C14H19N5OS. The van der Waals surface area contributed by atoms with Crippen LogP contribution in [0.4, 0.5) is 0 Å². The minimum Gasteiger partial charge on any atom is -0.347 e. The van der Waals surface area contributed by atoms with Gasteiger partial charge in [0.15, 0.2) is 0 Å². The average molecular weight is 305 g/mol. The molecule has 0 bridgehead atoms. The van der Waals surface area contributed by atoms with Gasteiger partial charge in [0, 0.05) is 44.8 Å². The lowest BCUT2D eigenvalue weighted by Gasteiger charge is -2.34. The van der Waals surface area contributed by atoms with Crippen molar-refractivity contribution in [2.75, 3.05) is 20.6 Å². The number of carbonyl (C=O) groups excluding carboxylic acids is 1. The quantitative estimate of drug-likeness (QED) is 0.857. The van der Waals surface area contributed by atoms with Gasteiger partial charge in [0.05, 0.1) is 16.9 Å². The number of amides is 1. The van der Waals surface area contributed by atoms with Crippen LogP contribution in [0, 0.1) is 6.92 Å². The number of thiazole rings is 1. The maximum atomic E-state index is 12.4. The molecule has 1 aliphatic heterocycles. The van der Waals surface area contributed by atoms with E-state index in [0.29, 0.717) is 6.54 Å². The molecule has 0 saturated carbocycles. The fraction of sp³-hybridized carbons (Fsp3) is 0.500. The summed E-state index contributed by atoms with van der Waals surface area (Å²) in [6.07, 6.45) is 1.77. The smallest absolute Gasteiger partial charge is 0.248 e. The summed E-state index contributed by atoms with van der Waals surface area (Å²) in [6.45, 7) is 4.36. The Morgan fingerprint density at radius 1 is 1.52 bits per heavy atom. The number of aryl methyl sites for hydroxylation is 1. The molecule has 21 heavy (non-hydrogen) atoms. The van der Waals surface area contributed by atoms with Gasteiger partial charge in [-0.15, -0.1) is 11.3 Å². The number of aromatic nitrogens is 3. The Morgan fingerprint density at radius 3 is 3.00 bits per heavy atom. The van der Waals surface area contributed by atoms with Crippen molar-refractivity contribution in [2.24, 2.45) is 0 Å². The van der Waals surface area contributed by atoms with E-state index in [2.05, 4.69) is 15.0 Å². The summed E-state index contributed by atoms with van der Waals surface area (Å²) in [5.74, 6) is 0.0886. The maximum Gasteiger partial charge on any atom is 0.248 e. The van der Waals surface area contributed by atoms with E-state index in [9.17, 15) is 4.79 Å². The van der Waals surface area contributed by atoms with Crippen LogP contribution in [-0.4, -0.2) is 51.1 Å². The number of rotatable bonds is 3. The summed E-state index contributed by atoms with van der Waals surface area (Å²) in [4.78, 5) is 21.9. The minimum atomic E-state index is -0.244. The summed E-state index contributed by atoms with van der Waals surface area (Å²) >= 11 is 1.67. The Hall–Kier alpha value is -1.73. The van der Waals surface area contributed by atoms with E-state index in [0.717, 1.165) is 24.5 Å². The molecule has 0 aromatic carbocycles. The van der Waals surface area contributed by atoms with Crippen molar-refractivity contribution in [3.8, 4) is 0 Å². The van der Waals surface area contributed by atoms with Crippen molar-refractivity contribution >= 4 is 17.2 Å². The third-order valence-electron chi connectivity index (χ3n) is 3.80. The van der Waals surface area contributed by atoms with E-state index in [4.69, 9.17) is 0 Å². The van der Waals surface area contributed by atoms with E-state index in [1.165, 1.54) is 4.88 Å². The highest BCUT2D eigenvalue weighted by molar-refractivity contribution is 7.09. The summed E-state index contributed by atoms with van der Waals surface area (Å²) in [7, 11) is 3.58. The molecule has 1 aliphatic rings. The third-order valence-corrected chi connectivity index (χ3v) is 4.72. The van der Waals surface area contributed by atoms with Crippen molar-refractivity contribution in [1.82, 2.24) is 24.6 Å². The van der Waals surface area contributed by atoms with Crippen LogP contribution in [0.25, 0.3) is 0 Å². The fourth-order valence-electron chi connectivity index (χ4n) is 2.65. The van der Waals surface area contributed by atoms with E-state index in [1.807, 2.05) is 23.2 Å². The van der Waals surface area contributed by atoms with Crippen LogP contribution in [-0.2, 0) is 17.9 Å². The Morgan fingerprint density at radius 2 is 2.33 bits per heavy atom. The first-order chi connectivity index (χ1) is 10.1. The number of fused-ring (bicyclic) bond motifs is 1. The van der Waals surface area contributed by atoms with Crippen molar-refractivity contribution < 1.29 is 4.79 Å². The van der Waals surface area contributed by atoms with Crippen molar-refractivity contribution in [3.05, 3.63) is 34.0 Å². The second-order valence-corrected chi connectivity index (χ2v) is 6.49. The lowest BCUT2D eigenvalue weighted by atomic mass is 10.1. The average Bonchev–Trinajstić information content (AvgIpc) is 3.06. The summed E-state index contributed by atoms with van der Waals surface area (Å²) in [6, 6.07) is 1.74. The molecule has 0 radical (unpaired) electrons. The van der Waals surface area contributed by atoms with Gasteiger partial charge in [-0.05, 0) is 13.0 Å². The lowest BCUT2D eigenvalue weighted by Crippen LogP contribution is -2.44. The summed E-state index contributed by atoms with van der Waals surface area (Å²) < 4.78 is 1.86. The van der Waals surface area contributed by atoms with Gasteiger partial charge in [-0.1, -0.05) is 0 Å². The molecule has 7 heteroatoms. The first-order valence-corrected chi connectivity index (χ1v) is 7.79. The highest BCUT2D eigenvalue weighted by Crippen LogP contribution is 2.25. The molecule has 112 valence electrons. The molecule has 1 amide bonds. The van der Waals surface area contributed by atoms with Crippen LogP contribution in [0.3, 0.4) is 0 Å². The first-order valence-electron chi connectivity index (χ1n) is 6.91. The Balaban J connectivity index is 1.83. The molecule has 3 heterocycles. The first kappa shape index (κ1) is 14.2. The highest BCUT2D eigenvalue weighted by atomic mass is 32.1. The number of carbonyl (C=O) groups is 1. The van der Waals surface area contributed by atoms with Gasteiger partial charge in [-0.3, -0.25) is 14.4 Å². The monoisotopic (exact) mass is 305 g/mol. The molecule has 0 aliphatic carbocycles. The van der Waals surface area contributed by atoms with Gasteiger partial charge in [-0.2, -0.15) is 5.10 Å². The van der Waals surface area contributed by atoms with Crippen LogP contribution in [0.1, 0.15) is 22.3 Å². The van der Waals surface area contributed by atoms with E-state index in [1.54, 1.807) is 36.5 Å². The number of hydrogen-bond acceptors (Lipinski definition) is 5. The molecule has 6 nitrogen and oxygen atoms in total. The maximum absolute atomic E-state index is 12.4. The van der Waals surface area contributed by atoms with Crippen molar-refractivity contribution in [3.63, 3.8) is 0 Å². The van der Waals surface area contributed by atoms with Gasteiger partial charge < -0.3 is 4.90 Å². The van der Waals surface area contributed by atoms with Crippen LogP contribution >= 0.6 is 11.3 Å². The van der Waals surface area contributed by atoms with Crippen molar-refractivity contribution in [1.29, 1.82) is 0 Å². The molecule has 0 fully saturated rings. The molecule has 0 unspecified atom stereocenters. The molecule has 0 saturated heterocycles. The minimum absolute atomic E-state index is 0.0886. The number of likely N-dealkylation sites (N-methyl/N-ethyl adjacent to an activating group) is 1. The second kappa shape index (κ2) is 5.57. The lowest BCUT2D eigenvalue weighted by molar-refractivity contribution is -0.134. The highest BCUT2D eigenvalue weighted by Gasteiger charge is 2.32. The summed E-state index contributed by atoms with van der Waals surface area (Å²) in [5.41, 5.74) is 4.04. The second-order valence-electron chi connectivity index (χ2n) is 5.55. The zero-order valence-corrected chi connectivity index (χ0v) is 13.3. The zero-order chi connectivity index (χ0) is 15.0. The molecular weight excluding hydrogens is 286 g/mol. The largest absolute Gasteiger partial charge is 0.347 e. The molecule has 1 atom stereocenters. The van der Waals surface area contributed by atoms with Crippen molar-refractivity contribution in [2.45, 2.75) is 26.1 Å². The van der Waals surface area contributed by atoms with E-state index >= 15 is 0 Å². The van der Waals surface area contributed by atoms with E-state index in [-0.39, 0.29) is 11.9 Å². The molecule has 2 aromatic rings. The van der Waals surface area contributed by atoms with Crippen LogP contribution in [0.15, 0.2) is 17.8 Å².